The number of aromatic nitrogens is 2. The minimum Gasteiger partial charge on any atom is -0.333 e. The Morgan fingerprint density at radius 3 is 2.70 bits per heavy atom. The summed E-state index contributed by atoms with van der Waals surface area (Å²) >= 11 is 0.741. The Kier molecular flexibility index (Phi) is 7.73. The van der Waals surface area contributed by atoms with E-state index >= 15 is 0 Å². The number of halogens is 2. The summed E-state index contributed by atoms with van der Waals surface area (Å²) in [5.41, 5.74) is 1.53. The van der Waals surface area contributed by atoms with Crippen molar-refractivity contribution in [1.82, 2.24) is 14.5 Å². The Balaban J connectivity index is 1.60. The molecule has 0 unspecified atom stereocenters. The van der Waals surface area contributed by atoms with Gasteiger partial charge in [-0.25, -0.2) is 13.8 Å². The lowest BCUT2D eigenvalue weighted by Crippen LogP contribution is -2.39. The summed E-state index contributed by atoms with van der Waals surface area (Å²) in [6.45, 7) is 7.05. The first kappa shape index (κ1) is 26.5. The maximum absolute atomic E-state index is 13.3. The molecule has 1 aromatic carbocycles. The second-order valence-electron chi connectivity index (χ2n) is 10.3. The molecule has 0 aliphatic carbocycles. The predicted molar refractivity (Wildman–Crippen MR) is 139 cm³/mol. The number of allylic oxidation sites excluding steroid dienone is 1. The van der Waals surface area contributed by atoms with Crippen LogP contribution in [0.25, 0.3) is 11.0 Å². The zero-order valence-corrected chi connectivity index (χ0v) is 21.8. The number of para-hydroxylation sites is 2. The molecule has 1 atom stereocenters. The van der Waals surface area contributed by atoms with E-state index in [1.165, 1.54) is 12.1 Å². The third-order valence-electron chi connectivity index (χ3n) is 6.25. The summed E-state index contributed by atoms with van der Waals surface area (Å²) < 4.78 is 27.8. The molecule has 7 nitrogen and oxygen atoms in total. The van der Waals surface area contributed by atoms with Crippen LogP contribution in [0.5, 0.6) is 0 Å². The Hall–Kier alpha value is -3.58. The van der Waals surface area contributed by atoms with E-state index in [1.807, 2.05) is 49.6 Å². The monoisotopic (exact) mass is 525 g/mol. The summed E-state index contributed by atoms with van der Waals surface area (Å²) in [4.78, 5) is 32.4. The number of fused-ring (bicyclic) bond motifs is 1. The van der Waals surface area contributed by atoms with Crippen LogP contribution in [0, 0.1) is 16.7 Å². The third-order valence-corrected chi connectivity index (χ3v) is 7.34. The van der Waals surface area contributed by atoms with Gasteiger partial charge in [-0.2, -0.15) is 5.26 Å². The van der Waals surface area contributed by atoms with Crippen molar-refractivity contribution in [3.63, 3.8) is 0 Å². The lowest BCUT2D eigenvalue weighted by Gasteiger charge is -2.26. The molecule has 2 aromatic heterocycles. The summed E-state index contributed by atoms with van der Waals surface area (Å²) in [7, 11) is 0. The van der Waals surface area contributed by atoms with Crippen LogP contribution in [0.4, 0.5) is 14.7 Å². The van der Waals surface area contributed by atoms with Crippen molar-refractivity contribution in [2.24, 2.45) is 5.41 Å². The molecule has 10 heteroatoms. The number of nitrogens with zero attached hydrogens (tertiary/aromatic N) is 4. The Morgan fingerprint density at radius 1 is 1.27 bits per heavy atom. The predicted octanol–water partition coefficient (Wildman–Crippen LogP) is 6.16. The van der Waals surface area contributed by atoms with Gasteiger partial charge < -0.3 is 9.47 Å². The minimum atomic E-state index is -2.64. The fourth-order valence-electron chi connectivity index (χ4n) is 4.36. The van der Waals surface area contributed by atoms with Gasteiger partial charge >= 0.3 is 0 Å². The van der Waals surface area contributed by atoms with Crippen LogP contribution in [0.2, 0.25) is 0 Å². The normalized spacial score (nSPS) is 16.4. The van der Waals surface area contributed by atoms with E-state index in [0.29, 0.717) is 25.0 Å². The standard InChI is InChI=1S/C27H29F2N5O2S/c1-27(2,3)13-12-17(15-30)25(36)33-14-6-7-18(33)16-34-20-9-5-4-8-19(20)31-26(34)32-24(35)22-11-10-21(37-22)23(28)29/h4-5,8-12,18,23H,6-7,13-14,16H2,1-3H3,(H,31,32,35)/b17-12+/t18-/m1/s1. The van der Waals surface area contributed by atoms with Crippen molar-refractivity contribution in [1.29, 1.82) is 5.26 Å². The first-order chi connectivity index (χ1) is 17.6. The number of likely N-dealkylation sites (tertiary alicyclic amines) is 1. The van der Waals surface area contributed by atoms with Gasteiger partial charge in [0, 0.05) is 13.1 Å². The molecule has 0 spiro atoms. The van der Waals surface area contributed by atoms with Crippen molar-refractivity contribution in [3.05, 3.63) is 57.8 Å². The van der Waals surface area contributed by atoms with Crippen LogP contribution in [0.3, 0.4) is 0 Å². The highest BCUT2D eigenvalue weighted by atomic mass is 32.1. The van der Waals surface area contributed by atoms with Gasteiger partial charge in [0.1, 0.15) is 11.6 Å². The van der Waals surface area contributed by atoms with Gasteiger partial charge in [-0.05, 0) is 48.9 Å². The average molecular weight is 526 g/mol. The van der Waals surface area contributed by atoms with Crippen LogP contribution < -0.4 is 5.32 Å². The SMILES string of the molecule is CC(C)(C)C/C=C(\C#N)C(=O)N1CCC[C@@H]1Cn1c(NC(=O)c2ccc(C(F)F)s2)nc2ccccc21. The molecule has 194 valence electrons. The fourth-order valence-corrected chi connectivity index (χ4v) is 5.12. The van der Waals surface area contributed by atoms with Gasteiger partial charge in [-0.15, -0.1) is 11.3 Å². The molecule has 0 radical (unpaired) electrons. The summed E-state index contributed by atoms with van der Waals surface area (Å²) in [5, 5.41) is 12.4. The first-order valence-corrected chi connectivity index (χ1v) is 12.9. The maximum Gasteiger partial charge on any atom is 0.272 e. The van der Waals surface area contributed by atoms with Crippen molar-refractivity contribution in [2.45, 2.75) is 59.0 Å². The molecule has 1 fully saturated rings. The zero-order chi connectivity index (χ0) is 26.7. The topological polar surface area (TPSA) is 91.0 Å². The van der Waals surface area contributed by atoms with Gasteiger partial charge in [0.05, 0.1) is 26.8 Å². The number of thiophene rings is 1. The average Bonchev–Trinajstić information content (AvgIpc) is 3.58. The molecule has 1 saturated heterocycles. The molecule has 1 N–H and O–H groups in total. The molecular weight excluding hydrogens is 496 g/mol. The molecule has 3 aromatic rings. The van der Waals surface area contributed by atoms with E-state index in [4.69, 9.17) is 0 Å². The largest absolute Gasteiger partial charge is 0.333 e. The van der Waals surface area contributed by atoms with Crippen molar-refractivity contribution in [2.75, 3.05) is 11.9 Å². The van der Waals surface area contributed by atoms with Gasteiger partial charge in [-0.1, -0.05) is 39.0 Å². The smallest absolute Gasteiger partial charge is 0.272 e. The number of amides is 2. The van der Waals surface area contributed by atoms with Crippen molar-refractivity contribution in [3.8, 4) is 6.07 Å². The number of hydrogen-bond donors (Lipinski definition) is 1. The number of imidazole rings is 1. The number of alkyl halides is 2. The number of carbonyl (C=O) groups excluding carboxylic acids is 2. The van der Waals surface area contributed by atoms with Gasteiger partial charge in [0.2, 0.25) is 5.95 Å². The summed E-state index contributed by atoms with van der Waals surface area (Å²) in [6.07, 6.45) is 1.22. The molecule has 0 saturated carbocycles. The number of rotatable bonds is 7. The highest BCUT2D eigenvalue weighted by Gasteiger charge is 2.32. The zero-order valence-electron chi connectivity index (χ0n) is 21.0. The van der Waals surface area contributed by atoms with Crippen LogP contribution in [0.15, 0.2) is 48.0 Å². The Morgan fingerprint density at radius 2 is 2.03 bits per heavy atom. The first-order valence-electron chi connectivity index (χ1n) is 12.1. The number of carbonyl (C=O) groups is 2. The molecule has 1 aliphatic heterocycles. The van der Waals surface area contributed by atoms with E-state index in [9.17, 15) is 23.6 Å². The number of anilines is 1. The van der Waals surface area contributed by atoms with Gasteiger partial charge in [0.15, 0.2) is 0 Å². The Labute approximate surface area is 218 Å². The quantitative estimate of drug-likeness (QED) is 0.295. The lowest BCUT2D eigenvalue weighted by molar-refractivity contribution is -0.127. The van der Waals surface area contributed by atoms with Gasteiger partial charge in [0.25, 0.3) is 18.2 Å². The van der Waals surface area contributed by atoms with Crippen molar-refractivity contribution < 1.29 is 18.4 Å². The molecular formula is C27H29F2N5O2S. The number of benzene rings is 1. The minimum absolute atomic E-state index is 0.0474. The van der Waals surface area contributed by atoms with Crippen LogP contribution in [-0.2, 0) is 11.3 Å². The van der Waals surface area contributed by atoms with E-state index in [-0.39, 0.29) is 38.6 Å². The van der Waals surface area contributed by atoms with Gasteiger partial charge in [-0.3, -0.25) is 14.9 Å². The van der Waals surface area contributed by atoms with E-state index in [0.717, 1.165) is 29.7 Å². The van der Waals surface area contributed by atoms with E-state index < -0.39 is 12.3 Å². The number of hydrogen-bond acceptors (Lipinski definition) is 5. The highest BCUT2D eigenvalue weighted by molar-refractivity contribution is 7.14. The second kappa shape index (κ2) is 10.8. The molecule has 2 amide bonds. The second-order valence-corrected chi connectivity index (χ2v) is 11.4. The molecule has 37 heavy (non-hydrogen) atoms. The number of nitriles is 1. The molecule has 0 bridgehead atoms. The van der Waals surface area contributed by atoms with Crippen molar-refractivity contribution >= 4 is 40.1 Å². The fraction of sp³-hybridized carbons (Fsp3) is 0.407. The van der Waals surface area contributed by atoms with Crippen LogP contribution in [0.1, 0.15) is 61.0 Å². The van der Waals surface area contributed by atoms with Crippen LogP contribution in [-0.4, -0.2) is 38.9 Å². The molecule has 4 rings (SSSR count). The Bertz CT molecular complexity index is 1380. The highest BCUT2D eigenvalue weighted by Crippen LogP contribution is 2.30. The summed E-state index contributed by atoms with van der Waals surface area (Å²) in [5.74, 6) is -0.534. The van der Waals surface area contributed by atoms with Crippen LogP contribution >= 0.6 is 11.3 Å². The number of nitrogens with one attached hydrogen (secondary N) is 1. The maximum atomic E-state index is 13.3. The lowest BCUT2D eigenvalue weighted by atomic mass is 9.91. The molecule has 1 aliphatic rings. The third kappa shape index (κ3) is 6.05. The summed E-state index contributed by atoms with van der Waals surface area (Å²) in [6, 6.07) is 11.9. The van der Waals surface area contributed by atoms with E-state index in [2.05, 4.69) is 16.4 Å². The molecule has 3 heterocycles. The van der Waals surface area contributed by atoms with E-state index in [1.54, 1.807) is 11.0 Å².